The Kier molecular flexibility index (Phi) is 7.54. The molecule has 7 nitrogen and oxygen atoms in total. The van der Waals surface area contributed by atoms with E-state index in [0.29, 0.717) is 34.6 Å². The van der Waals surface area contributed by atoms with Crippen LogP contribution in [0.4, 0.5) is 11.5 Å². The quantitative estimate of drug-likeness (QED) is 0.398. The molecular formula is C19H18Cl2N4O3S2. The fraction of sp³-hybridized carbons (Fsp3) is 0.158. The summed E-state index contributed by atoms with van der Waals surface area (Å²) in [5.41, 5.74) is 1.20. The lowest BCUT2D eigenvalue weighted by atomic mass is 10.1. The Morgan fingerprint density at radius 1 is 1.10 bits per heavy atom. The van der Waals surface area contributed by atoms with E-state index >= 15 is 0 Å². The molecule has 30 heavy (non-hydrogen) atoms. The van der Waals surface area contributed by atoms with Crippen molar-refractivity contribution in [1.29, 1.82) is 0 Å². The molecule has 2 aromatic heterocycles. The molecule has 2 heterocycles. The number of hydrogen-bond donors (Lipinski definition) is 3. The first-order valence-electron chi connectivity index (χ1n) is 8.80. The lowest BCUT2D eigenvalue weighted by Gasteiger charge is -2.09. The van der Waals surface area contributed by atoms with Crippen LogP contribution in [-0.2, 0) is 21.2 Å². The smallest absolute Gasteiger partial charge is 0.271 e. The van der Waals surface area contributed by atoms with Crippen molar-refractivity contribution in [2.75, 3.05) is 23.1 Å². The van der Waals surface area contributed by atoms with Gasteiger partial charge in [0.1, 0.15) is 10.0 Å². The average Bonchev–Trinajstić information content (AvgIpc) is 3.24. The van der Waals surface area contributed by atoms with Crippen LogP contribution in [0.25, 0.3) is 0 Å². The Morgan fingerprint density at radius 3 is 2.53 bits per heavy atom. The molecule has 11 heteroatoms. The second-order valence-electron chi connectivity index (χ2n) is 6.17. The van der Waals surface area contributed by atoms with Gasteiger partial charge < -0.3 is 10.6 Å². The number of thiophene rings is 1. The maximum atomic E-state index is 12.2. The summed E-state index contributed by atoms with van der Waals surface area (Å²) in [6, 6.07) is 11.5. The largest absolute Gasteiger partial charge is 0.367 e. The number of halogens is 2. The van der Waals surface area contributed by atoms with Crippen LogP contribution in [0.2, 0.25) is 10.0 Å². The molecule has 0 saturated heterocycles. The number of nitrogens with one attached hydrogen (secondary N) is 3. The van der Waals surface area contributed by atoms with Gasteiger partial charge in [-0.25, -0.2) is 13.4 Å². The summed E-state index contributed by atoms with van der Waals surface area (Å²) in [5.74, 6) is 0.342. The van der Waals surface area contributed by atoms with E-state index < -0.39 is 10.0 Å². The zero-order chi connectivity index (χ0) is 21.6. The molecule has 0 fully saturated rings. The Bertz CT molecular complexity index is 1110. The Balaban J connectivity index is 1.44. The van der Waals surface area contributed by atoms with E-state index in [9.17, 15) is 13.2 Å². The molecule has 3 N–H and O–H groups in total. The molecule has 1 amide bonds. The van der Waals surface area contributed by atoms with Gasteiger partial charge >= 0.3 is 0 Å². The van der Waals surface area contributed by atoms with E-state index in [1.54, 1.807) is 41.8 Å². The predicted molar refractivity (Wildman–Crippen MR) is 121 cm³/mol. The highest BCUT2D eigenvalue weighted by molar-refractivity contribution is 7.94. The molecule has 0 aliphatic carbocycles. The second kappa shape index (κ2) is 10.1. The van der Waals surface area contributed by atoms with Gasteiger partial charge in [0, 0.05) is 25.0 Å². The minimum atomic E-state index is -3.59. The molecule has 0 spiro atoms. The fourth-order valence-electron chi connectivity index (χ4n) is 2.49. The van der Waals surface area contributed by atoms with Gasteiger partial charge in [0.25, 0.3) is 10.0 Å². The van der Waals surface area contributed by atoms with E-state index in [4.69, 9.17) is 23.2 Å². The third kappa shape index (κ3) is 6.33. The van der Waals surface area contributed by atoms with Gasteiger partial charge in [0.2, 0.25) is 5.91 Å². The number of nitrogens with zero attached hydrogens (tertiary/aromatic N) is 1. The van der Waals surface area contributed by atoms with E-state index in [0.717, 1.165) is 16.9 Å². The van der Waals surface area contributed by atoms with Crippen molar-refractivity contribution < 1.29 is 13.2 Å². The third-order valence-corrected chi connectivity index (χ3v) is 7.15. The first-order valence-corrected chi connectivity index (χ1v) is 11.9. The number of amides is 1. The van der Waals surface area contributed by atoms with E-state index in [1.165, 1.54) is 12.3 Å². The number of pyridine rings is 1. The monoisotopic (exact) mass is 484 g/mol. The van der Waals surface area contributed by atoms with E-state index in [1.807, 2.05) is 0 Å². The Labute approximate surface area is 188 Å². The van der Waals surface area contributed by atoms with Crippen molar-refractivity contribution in [3.8, 4) is 0 Å². The van der Waals surface area contributed by atoms with Crippen LogP contribution in [0.5, 0.6) is 0 Å². The summed E-state index contributed by atoms with van der Waals surface area (Å²) in [6.45, 7) is 0.835. The molecule has 0 saturated carbocycles. The van der Waals surface area contributed by atoms with Crippen LogP contribution in [0, 0.1) is 0 Å². The van der Waals surface area contributed by atoms with Gasteiger partial charge in [-0.1, -0.05) is 41.4 Å². The number of hydrogen-bond acceptors (Lipinski definition) is 6. The number of benzene rings is 1. The standard InChI is InChI=1S/C19H18Cl2N4O3S2/c20-14-11-16(21)19(24-12-14)23-8-7-22-17(26)10-13-3-5-15(6-4-13)25-30(27,28)18-2-1-9-29-18/h1-6,9,11-12,25H,7-8,10H2,(H,22,26)(H,23,24). The minimum absolute atomic E-state index is 0.154. The minimum Gasteiger partial charge on any atom is -0.367 e. The number of carbonyl (C=O) groups excluding carboxylic acids is 1. The highest BCUT2D eigenvalue weighted by Gasteiger charge is 2.15. The molecular weight excluding hydrogens is 467 g/mol. The molecule has 0 aliphatic rings. The summed E-state index contributed by atoms with van der Waals surface area (Å²) < 4.78 is 27.2. The first kappa shape index (κ1) is 22.4. The summed E-state index contributed by atoms with van der Waals surface area (Å²) in [7, 11) is -3.59. The van der Waals surface area contributed by atoms with Gasteiger partial charge in [-0.05, 0) is 35.2 Å². The van der Waals surface area contributed by atoms with Gasteiger partial charge in [0.15, 0.2) is 0 Å². The molecule has 1 aromatic carbocycles. The van der Waals surface area contributed by atoms with E-state index in [-0.39, 0.29) is 16.5 Å². The van der Waals surface area contributed by atoms with Crippen LogP contribution in [0.3, 0.4) is 0 Å². The zero-order valence-corrected chi connectivity index (χ0v) is 18.7. The predicted octanol–water partition coefficient (Wildman–Crippen LogP) is 4.02. The highest BCUT2D eigenvalue weighted by atomic mass is 35.5. The molecule has 3 aromatic rings. The summed E-state index contributed by atoms with van der Waals surface area (Å²) in [6.07, 6.45) is 1.66. The SMILES string of the molecule is O=C(Cc1ccc(NS(=O)(=O)c2cccs2)cc1)NCCNc1ncc(Cl)cc1Cl. The molecule has 0 bridgehead atoms. The number of carbonyl (C=O) groups is 1. The topological polar surface area (TPSA) is 100 Å². The van der Waals surface area contributed by atoms with Crippen LogP contribution < -0.4 is 15.4 Å². The second-order valence-corrected chi connectivity index (χ2v) is 9.87. The number of rotatable bonds is 9. The van der Waals surface area contributed by atoms with Crippen LogP contribution in [-0.4, -0.2) is 32.4 Å². The Morgan fingerprint density at radius 2 is 1.87 bits per heavy atom. The first-order chi connectivity index (χ1) is 14.3. The molecule has 0 aliphatic heterocycles. The van der Waals surface area contributed by atoms with Crippen LogP contribution in [0.1, 0.15) is 5.56 Å². The van der Waals surface area contributed by atoms with Gasteiger partial charge in [-0.2, -0.15) is 0 Å². The van der Waals surface area contributed by atoms with Gasteiger partial charge in [-0.3, -0.25) is 9.52 Å². The number of aromatic nitrogens is 1. The van der Waals surface area contributed by atoms with Crippen molar-refractivity contribution in [2.24, 2.45) is 0 Å². The maximum absolute atomic E-state index is 12.2. The third-order valence-electron chi connectivity index (χ3n) is 3.88. The fourth-order valence-corrected chi connectivity index (χ4v) is 4.99. The average molecular weight is 485 g/mol. The summed E-state index contributed by atoms with van der Waals surface area (Å²) >= 11 is 13.0. The summed E-state index contributed by atoms with van der Waals surface area (Å²) in [5, 5.41) is 8.37. The van der Waals surface area contributed by atoms with Crippen molar-refractivity contribution >= 4 is 62.0 Å². The number of anilines is 2. The van der Waals surface area contributed by atoms with Crippen molar-refractivity contribution in [2.45, 2.75) is 10.6 Å². The lowest BCUT2D eigenvalue weighted by Crippen LogP contribution is -2.30. The van der Waals surface area contributed by atoms with Crippen molar-refractivity contribution in [1.82, 2.24) is 10.3 Å². The molecule has 0 unspecified atom stereocenters. The highest BCUT2D eigenvalue weighted by Crippen LogP contribution is 2.22. The van der Waals surface area contributed by atoms with Crippen molar-refractivity contribution in [3.05, 3.63) is 69.7 Å². The maximum Gasteiger partial charge on any atom is 0.271 e. The Hall–Kier alpha value is -2.33. The van der Waals surface area contributed by atoms with Gasteiger partial charge in [-0.15, -0.1) is 11.3 Å². The van der Waals surface area contributed by atoms with Crippen LogP contribution >= 0.6 is 34.5 Å². The summed E-state index contributed by atoms with van der Waals surface area (Å²) in [4.78, 5) is 16.2. The van der Waals surface area contributed by atoms with Crippen molar-refractivity contribution in [3.63, 3.8) is 0 Å². The van der Waals surface area contributed by atoms with Crippen LogP contribution in [0.15, 0.2) is 58.3 Å². The normalized spacial score (nSPS) is 11.1. The number of sulfonamides is 1. The molecule has 0 atom stereocenters. The zero-order valence-electron chi connectivity index (χ0n) is 15.6. The van der Waals surface area contributed by atoms with Gasteiger partial charge in [0.05, 0.1) is 16.5 Å². The molecule has 158 valence electrons. The van der Waals surface area contributed by atoms with E-state index in [2.05, 4.69) is 20.3 Å². The lowest BCUT2D eigenvalue weighted by molar-refractivity contribution is -0.120. The molecule has 3 rings (SSSR count). The molecule has 0 radical (unpaired) electrons.